The van der Waals surface area contributed by atoms with Crippen LogP contribution in [0.3, 0.4) is 0 Å². The molecule has 1 saturated heterocycles. The highest BCUT2D eigenvalue weighted by atomic mass is 16.3. The van der Waals surface area contributed by atoms with Crippen LogP contribution >= 0.6 is 0 Å². The van der Waals surface area contributed by atoms with E-state index in [1.54, 1.807) is 6.20 Å². The summed E-state index contributed by atoms with van der Waals surface area (Å²) in [5.74, 6) is 1.60. The molecule has 1 aliphatic heterocycles. The van der Waals surface area contributed by atoms with Crippen molar-refractivity contribution in [1.29, 1.82) is 0 Å². The van der Waals surface area contributed by atoms with Crippen LogP contribution in [0.5, 0.6) is 0 Å². The maximum Gasteiger partial charge on any atom is 0.152 e. The summed E-state index contributed by atoms with van der Waals surface area (Å²) in [5, 5.41) is 0. The number of nitrogens with zero attached hydrogens (tertiary/aromatic N) is 3. The average Bonchev–Trinajstić information content (AvgIpc) is 2.98. The Morgan fingerprint density at radius 3 is 2.68 bits per heavy atom. The van der Waals surface area contributed by atoms with E-state index >= 15 is 0 Å². The minimum Gasteiger partial charge on any atom is -0.458 e. The zero-order valence-corrected chi connectivity index (χ0v) is 12.5. The molecule has 0 aromatic carbocycles. The van der Waals surface area contributed by atoms with E-state index in [0.29, 0.717) is 5.92 Å². The van der Waals surface area contributed by atoms with Crippen LogP contribution in [0.15, 0.2) is 53.2 Å². The largest absolute Gasteiger partial charge is 0.458 e. The van der Waals surface area contributed by atoms with Gasteiger partial charge in [0.05, 0.1) is 6.54 Å². The van der Waals surface area contributed by atoms with Crippen LogP contribution in [-0.4, -0.2) is 28.0 Å². The summed E-state index contributed by atoms with van der Waals surface area (Å²) >= 11 is 0. The first-order valence-electron chi connectivity index (χ1n) is 7.85. The molecule has 3 aromatic heterocycles. The van der Waals surface area contributed by atoms with Crippen molar-refractivity contribution in [2.24, 2.45) is 0 Å². The lowest BCUT2D eigenvalue weighted by Gasteiger charge is -2.30. The maximum atomic E-state index is 5.87. The summed E-state index contributed by atoms with van der Waals surface area (Å²) in [6.45, 7) is 3.04. The van der Waals surface area contributed by atoms with Gasteiger partial charge >= 0.3 is 0 Å². The number of pyridine rings is 2. The Morgan fingerprint density at radius 1 is 1.05 bits per heavy atom. The molecule has 0 aliphatic carbocycles. The Kier molecular flexibility index (Phi) is 3.60. The summed E-state index contributed by atoms with van der Waals surface area (Å²) < 4.78 is 5.87. The van der Waals surface area contributed by atoms with Gasteiger partial charge < -0.3 is 4.42 Å². The lowest BCUT2D eigenvalue weighted by atomic mass is 9.93. The quantitative estimate of drug-likeness (QED) is 0.740. The predicted octanol–water partition coefficient (Wildman–Crippen LogP) is 3.60. The molecule has 0 atom stereocenters. The van der Waals surface area contributed by atoms with Crippen LogP contribution in [0.2, 0.25) is 0 Å². The van der Waals surface area contributed by atoms with Gasteiger partial charge in [-0.25, -0.2) is 0 Å². The van der Waals surface area contributed by atoms with Gasteiger partial charge in [-0.2, -0.15) is 0 Å². The topological polar surface area (TPSA) is 42.2 Å². The van der Waals surface area contributed by atoms with Gasteiger partial charge in [0.15, 0.2) is 5.58 Å². The normalized spacial score (nSPS) is 17.1. The van der Waals surface area contributed by atoms with Gasteiger partial charge in [0, 0.05) is 30.1 Å². The molecular weight excluding hydrogens is 274 g/mol. The Hall–Kier alpha value is -2.20. The molecule has 3 aromatic rings. The van der Waals surface area contributed by atoms with E-state index in [1.165, 1.54) is 5.69 Å². The van der Waals surface area contributed by atoms with E-state index in [0.717, 1.165) is 49.3 Å². The smallest absolute Gasteiger partial charge is 0.152 e. The van der Waals surface area contributed by atoms with Crippen molar-refractivity contribution in [1.82, 2.24) is 14.9 Å². The molecule has 0 bridgehead atoms. The van der Waals surface area contributed by atoms with Crippen LogP contribution in [-0.2, 0) is 6.54 Å². The second-order valence-corrected chi connectivity index (χ2v) is 5.90. The molecule has 0 radical (unpaired) electrons. The molecular formula is C18H19N3O. The average molecular weight is 293 g/mol. The molecule has 4 nitrogen and oxygen atoms in total. The molecule has 0 amide bonds. The molecule has 0 N–H and O–H groups in total. The van der Waals surface area contributed by atoms with Crippen molar-refractivity contribution in [3.05, 3.63) is 60.2 Å². The number of fused-ring (bicyclic) bond motifs is 1. The minimum absolute atomic E-state index is 0.592. The van der Waals surface area contributed by atoms with Crippen LogP contribution in [0, 0.1) is 0 Å². The van der Waals surface area contributed by atoms with E-state index in [1.807, 2.05) is 24.4 Å². The van der Waals surface area contributed by atoms with Gasteiger partial charge in [0.1, 0.15) is 11.3 Å². The van der Waals surface area contributed by atoms with Gasteiger partial charge in [-0.3, -0.25) is 14.9 Å². The fourth-order valence-corrected chi connectivity index (χ4v) is 3.22. The monoisotopic (exact) mass is 293 g/mol. The number of aromatic nitrogens is 2. The fraction of sp³-hybridized carbons (Fsp3) is 0.333. The third-order valence-corrected chi connectivity index (χ3v) is 4.41. The first kappa shape index (κ1) is 13.5. The summed E-state index contributed by atoms with van der Waals surface area (Å²) in [7, 11) is 0. The minimum atomic E-state index is 0.592. The van der Waals surface area contributed by atoms with Crippen LogP contribution in [0.4, 0.5) is 0 Å². The predicted molar refractivity (Wildman–Crippen MR) is 85.5 cm³/mol. The highest BCUT2D eigenvalue weighted by molar-refractivity contribution is 5.72. The molecule has 112 valence electrons. The first-order chi connectivity index (χ1) is 10.9. The van der Waals surface area contributed by atoms with Crippen molar-refractivity contribution in [3.63, 3.8) is 0 Å². The number of furan rings is 1. The Balaban J connectivity index is 1.39. The molecule has 1 fully saturated rings. The van der Waals surface area contributed by atoms with Gasteiger partial charge in [-0.15, -0.1) is 0 Å². The lowest BCUT2D eigenvalue weighted by molar-refractivity contribution is 0.191. The number of hydrogen-bond donors (Lipinski definition) is 0. The summed E-state index contributed by atoms with van der Waals surface area (Å²) in [6, 6.07) is 12.1. The van der Waals surface area contributed by atoms with E-state index in [2.05, 4.69) is 33.1 Å². The summed E-state index contributed by atoms with van der Waals surface area (Å²) in [6.07, 6.45) is 6.02. The van der Waals surface area contributed by atoms with Gasteiger partial charge in [-0.05, 0) is 50.2 Å². The lowest BCUT2D eigenvalue weighted by Crippen LogP contribution is -2.32. The van der Waals surface area contributed by atoms with E-state index in [9.17, 15) is 0 Å². The van der Waals surface area contributed by atoms with E-state index < -0.39 is 0 Å². The second kappa shape index (κ2) is 5.89. The Labute approximate surface area is 129 Å². The highest BCUT2D eigenvalue weighted by Gasteiger charge is 2.22. The third-order valence-electron chi connectivity index (χ3n) is 4.41. The van der Waals surface area contributed by atoms with E-state index in [-0.39, 0.29) is 0 Å². The van der Waals surface area contributed by atoms with Crippen LogP contribution < -0.4 is 0 Å². The van der Waals surface area contributed by atoms with Crippen molar-refractivity contribution < 1.29 is 4.42 Å². The molecule has 0 saturated carbocycles. The number of piperidine rings is 1. The Bertz CT molecular complexity index is 712. The Morgan fingerprint density at radius 2 is 1.91 bits per heavy atom. The summed E-state index contributed by atoms with van der Waals surface area (Å²) in [5.41, 5.74) is 3.05. The molecule has 4 rings (SSSR count). The fourth-order valence-electron chi connectivity index (χ4n) is 3.22. The SMILES string of the molecule is c1ccc(C2CCN(Cc3cc4ncccc4o3)CC2)nc1. The van der Waals surface area contributed by atoms with Crippen molar-refractivity contribution in [3.8, 4) is 0 Å². The van der Waals surface area contributed by atoms with Crippen molar-refractivity contribution >= 4 is 11.1 Å². The first-order valence-corrected chi connectivity index (χ1v) is 7.85. The standard InChI is InChI=1S/C18H19N3O/c1-2-8-19-16(4-1)14-6-10-21(11-7-14)13-15-12-17-18(22-15)5-3-9-20-17/h1-5,8-9,12,14H,6-7,10-11,13H2. The van der Waals surface area contributed by atoms with Gasteiger partial charge in [0.25, 0.3) is 0 Å². The molecule has 0 unspecified atom stereocenters. The molecule has 1 aliphatic rings. The molecule has 4 heteroatoms. The number of rotatable bonds is 3. The molecule has 4 heterocycles. The van der Waals surface area contributed by atoms with Crippen molar-refractivity contribution in [2.75, 3.05) is 13.1 Å². The van der Waals surface area contributed by atoms with Crippen LogP contribution in [0.1, 0.15) is 30.2 Å². The zero-order valence-electron chi connectivity index (χ0n) is 12.5. The molecule has 22 heavy (non-hydrogen) atoms. The number of likely N-dealkylation sites (tertiary alicyclic amines) is 1. The van der Waals surface area contributed by atoms with Crippen LogP contribution in [0.25, 0.3) is 11.1 Å². The molecule has 0 spiro atoms. The van der Waals surface area contributed by atoms with E-state index in [4.69, 9.17) is 4.42 Å². The maximum absolute atomic E-state index is 5.87. The zero-order chi connectivity index (χ0) is 14.8. The second-order valence-electron chi connectivity index (χ2n) is 5.90. The van der Waals surface area contributed by atoms with Gasteiger partial charge in [-0.1, -0.05) is 6.07 Å². The van der Waals surface area contributed by atoms with Gasteiger partial charge in [0.2, 0.25) is 0 Å². The number of hydrogen-bond acceptors (Lipinski definition) is 4. The third kappa shape index (κ3) is 2.74. The van der Waals surface area contributed by atoms with Crippen molar-refractivity contribution in [2.45, 2.75) is 25.3 Å². The summed E-state index contributed by atoms with van der Waals surface area (Å²) in [4.78, 5) is 11.3. The highest BCUT2D eigenvalue weighted by Crippen LogP contribution is 2.27.